The molecule has 4 aromatic rings. The van der Waals surface area contributed by atoms with E-state index in [1.165, 1.54) is 0 Å². The van der Waals surface area contributed by atoms with Crippen LogP contribution in [0.15, 0.2) is 79.0 Å². The Morgan fingerprint density at radius 2 is 1.79 bits per heavy atom. The summed E-state index contributed by atoms with van der Waals surface area (Å²) in [6.07, 6.45) is 1.71. The molecular formula is C22H18N4O2. The number of ether oxygens (including phenoxy) is 1. The van der Waals surface area contributed by atoms with Crippen molar-refractivity contribution < 1.29 is 9.94 Å². The molecule has 0 aliphatic rings. The SMILES string of the molecule is N=C(NO)c1ccc2nc(-c3ccc(OCc4ccccc4)cc3)ncc2c1. The predicted octanol–water partition coefficient (Wildman–Crippen LogP) is 4.18. The van der Waals surface area contributed by atoms with Gasteiger partial charge in [0.05, 0.1) is 5.52 Å². The first-order valence-electron chi connectivity index (χ1n) is 8.76. The maximum Gasteiger partial charge on any atom is 0.159 e. The molecule has 0 aliphatic heterocycles. The Bertz CT molecular complexity index is 1110. The van der Waals surface area contributed by atoms with Gasteiger partial charge in [0, 0.05) is 22.7 Å². The summed E-state index contributed by atoms with van der Waals surface area (Å²) in [5.41, 5.74) is 5.18. The van der Waals surface area contributed by atoms with Crippen molar-refractivity contribution in [3.63, 3.8) is 0 Å². The van der Waals surface area contributed by atoms with Gasteiger partial charge in [-0.15, -0.1) is 0 Å². The highest BCUT2D eigenvalue weighted by Crippen LogP contribution is 2.22. The minimum Gasteiger partial charge on any atom is -0.489 e. The van der Waals surface area contributed by atoms with Crippen LogP contribution in [0, 0.1) is 5.41 Å². The van der Waals surface area contributed by atoms with Gasteiger partial charge in [-0.2, -0.15) is 0 Å². The summed E-state index contributed by atoms with van der Waals surface area (Å²) >= 11 is 0. The molecule has 0 amide bonds. The Balaban J connectivity index is 1.52. The fraction of sp³-hybridized carbons (Fsp3) is 0.0455. The van der Waals surface area contributed by atoms with E-state index in [-0.39, 0.29) is 5.84 Å². The van der Waals surface area contributed by atoms with Gasteiger partial charge in [0.15, 0.2) is 5.82 Å². The first-order valence-corrected chi connectivity index (χ1v) is 8.76. The summed E-state index contributed by atoms with van der Waals surface area (Å²) in [4.78, 5) is 9.01. The van der Waals surface area contributed by atoms with Crippen LogP contribution < -0.4 is 10.2 Å². The van der Waals surface area contributed by atoms with Gasteiger partial charge in [-0.25, -0.2) is 9.97 Å². The fourth-order valence-corrected chi connectivity index (χ4v) is 2.83. The second-order valence-corrected chi connectivity index (χ2v) is 6.25. The van der Waals surface area contributed by atoms with Crippen LogP contribution in [0.4, 0.5) is 0 Å². The number of rotatable bonds is 5. The van der Waals surface area contributed by atoms with Crippen LogP contribution in [0.3, 0.4) is 0 Å². The monoisotopic (exact) mass is 370 g/mol. The number of nitrogens with one attached hydrogen (secondary N) is 2. The lowest BCUT2D eigenvalue weighted by atomic mass is 10.1. The number of fused-ring (bicyclic) bond motifs is 1. The number of nitrogens with zero attached hydrogens (tertiary/aromatic N) is 2. The second-order valence-electron chi connectivity index (χ2n) is 6.25. The Morgan fingerprint density at radius 3 is 2.54 bits per heavy atom. The zero-order valence-corrected chi connectivity index (χ0v) is 15.0. The van der Waals surface area contributed by atoms with Crippen LogP contribution in [0.25, 0.3) is 22.3 Å². The van der Waals surface area contributed by atoms with Gasteiger partial charge in [-0.1, -0.05) is 30.3 Å². The topological polar surface area (TPSA) is 91.1 Å². The molecule has 0 bridgehead atoms. The molecule has 0 saturated heterocycles. The first kappa shape index (κ1) is 17.6. The van der Waals surface area contributed by atoms with Gasteiger partial charge in [-0.3, -0.25) is 16.1 Å². The summed E-state index contributed by atoms with van der Waals surface area (Å²) in [5.74, 6) is 1.33. The van der Waals surface area contributed by atoms with Crippen molar-refractivity contribution >= 4 is 16.7 Å². The minimum absolute atomic E-state index is 0.0722. The lowest BCUT2D eigenvalue weighted by Gasteiger charge is -2.08. The smallest absolute Gasteiger partial charge is 0.159 e. The van der Waals surface area contributed by atoms with Crippen molar-refractivity contribution in [1.82, 2.24) is 15.4 Å². The third-order valence-corrected chi connectivity index (χ3v) is 4.34. The summed E-state index contributed by atoms with van der Waals surface area (Å²) in [6.45, 7) is 0.521. The molecule has 0 saturated carbocycles. The number of aromatic nitrogens is 2. The molecule has 6 heteroatoms. The highest BCUT2D eigenvalue weighted by Gasteiger charge is 2.06. The van der Waals surface area contributed by atoms with E-state index in [1.807, 2.05) is 60.1 Å². The van der Waals surface area contributed by atoms with Gasteiger partial charge >= 0.3 is 0 Å². The van der Waals surface area contributed by atoms with Crippen molar-refractivity contribution in [2.45, 2.75) is 6.61 Å². The van der Waals surface area contributed by atoms with E-state index < -0.39 is 0 Å². The molecule has 3 N–H and O–H groups in total. The normalized spacial score (nSPS) is 10.6. The number of hydroxylamine groups is 1. The summed E-state index contributed by atoms with van der Waals surface area (Å²) < 4.78 is 5.81. The Kier molecular flexibility index (Phi) is 4.95. The molecule has 3 aromatic carbocycles. The van der Waals surface area contributed by atoms with Crippen molar-refractivity contribution in [1.29, 1.82) is 5.41 Å². The number of benzene rings is 3. The molecule has 1 aromatic heterocycles. The van der Waals surface area contributed by atoms with Gasteiger partial charge in [-0.05, 0) is 48.0 Å². The third kappa shape index (κ3) is 3.82. The molecule has 28 heavy (non-hydrogen) atoms. The Hall–Kier alpha value is -3.77. The van der Waals surface area contributed by atoms with Crippen molar-refractivity contribution in [2.24, 2.45) is 0 Å². The molecule has 0 unspecified atom stereocenters. The van der Waals surface area contributed by atoms with Gasteiger partial charge in [0.1, 0.15) is 18.2 Å². The molecule has 0 atom stereocenters. The summed E-state index contributed by atoms with van der Waals surface area (Å²) in [5, 5.41) is 17.3. The van der Waals surface area contributed by atoms with Gasteiger partial charge in [0.2, 0.25) is 0 Å². The molecule has 1 heterocycles. The summed E-state index contributed by atoms with van der Waals surface area (Å²) in [6, 6.07) is 23.0. The summed E-state index contributed by atoms with van der Waals surface area (Å²) in [7, 11) is 0. The van der Waals surface area contributed by atoms with E-state index in [2.05, 4.69) is 9.97 Å². The second kappa shape index (κ2) is 7.85. The molecule has 138 valence electrons. The Labute approximate surface area is 161 Å². The largest absolute Gasteiger partial charge is 0.489 e. The van der Waals surface area contributed by atoms with Crippen LogP contribution in [0.5, 0.6) is 5.75 Å². The zero-order valence-electron chi connectivity index (χ0n) is 15.0. The first-order chi connectivity index (χ1) is 13.7. The Morgan fingerprint density at radius 1 is 1.00 bits per heavy atom. The zero-order chi connectivity index (χ0) is 19.3. The quantitative estimate of drug-likeness (QED) is 0.278. The van der Waals surface area contributed by atoms with Crippen LogP contribution in [-0.4, -0.2) is 21.0 Å². The minimum atomic E-state index is -0.0722. The van der Waals surface area contributed by atoms with Crippen LogP contribution in [0.1, 0.15) is 11.1 Å². The maximum atomic E-state index is 8.86. The molecule has 0 aliphatic carbocycles. The molecule has 6 nitrogen and oxygen atoms in total. The van der Waals surface area contributed by atoms with E-state index in [9.17, 15) is 0 Å². The molecule has 0 spiro atoms. The van der Waals surface area contributed by atoms with Crippen LogP contribution in [-0.2, 0) is 6.61 Å². The molecule has 4 rings (SSSR count). The van der Waals surface area contributed by atoms with E-state index in [0.717, 1.165) is 27.8 Å². The van der Waals surface area contributed by atoms with E-state index in [0.29, 0.717) is 18.0 Å². The standard InChI is InChI=1S/C22H18N4O2/c23-21(26-27)17-8-11-20-18(12-17)13-24-22(25-20)16-6-9-19(10-7-16)28-14-15-4-2-1-3-5-15/h1-13,27H,14H2,(H2,23,26). The predicted molar refractivity (Wildman–Crippen MR) is 107 cm³/mol. The third-order valence-electron chi connectivity index (χ3n) is 4.34. The van der Waals surface area contributed by atoms with Gasteiger partial charge < -0.3 is 4.74 Å². The number of hydrogen-bond donors (Lipinski definition) is 3. The fourth-order valence-electron chi connectivity index (χ4n) is 2.83. The van der Waals surface area contributed by atoms with Crippen molar-refractivity contribution in [3.8, 4) is 17.1 Å². The van der Waals surface area contributed by atoms with Crippen molar-refractivity contribution in [3.05, 3.63) is 90.1 Å². The van der Waals surface area contributed by atoms with Gasteiger partial charge in [0.25, 0.3) is 0 Å². The van der Waals surface area contributed by atoms with Crippen LogP contribution >= 0.6 is 0 Å². The lowest BCUT2D eigenvalue weighted by Crippen LogP contribution is -2.18. The van der Waals surface area contributed by atoms with Crippen LogP contribution in [0.2, 0.25) is 0 Å². The highest BCUT2D eigenvalue weighted by molar-refractivity contribution is 5.98. The van der Waals surface area contributed by atoms with E-state index in [4.69, 9.17) is 15.4 Å². The number of hydrogen-bond acceptors (Lipinski definition) is 5. The maximum absolute atomic E-state index is 8.86. The molecule has 0 radical (unpaired) electrons. The van der Waals surface area contributed by atoms with E-state index in [1.54, 1.807) is 24.4 Å². The molecular weight excluding hydrogens is 352 g/mol. The van der Waals surface area contributed by atoms with E-state index >= 15 is 0 Å². The highest BCUT2D eigenvalue weighted by atomic mass is 16.5. The van der Waals surface area contributed by atoms with Crippen molar-refractivity contribution in [2.75, 3.05) is 0 Å². The average molecular weight is 370 g/mol. The average Bonchev–Trinajstić information content (AvgIpc) is 2.77. The molecule has 0 fully saturated rings. The number of amidine groups is 1. The lowest BCUT2D eigenvalue weighted by molar-refractivity contribution is 0.234.